The van der Waals surface area contributed by atoms with E-state index in [2.05, 4.69) is 61.2 Å². The van der Waals surface area contributed by atoms with Gasteiger partial charge in [-0.1, -0.05) is 78.9 Å². The van der Waals surface area contributed by atoms with E-state index in [-0.39, 0.29) is 11.5 Å². The molecule has 0 saturated heterocycles. The average Bonchev–Trinajstić information content (AvgIpc) is 2.98. The van der Waals surface area contributed by atoms with Crippen LogP contribution in [0.15, 0.2) is 115 Å². The highest BCUT2D eigenvalue weighted by atomic mass is 16.5. The van der Waals surface area contributed by atoms with E-state index in [4.69, 9.17) is 4.74 Å². The van der Waals surface area contributed by atoms with Crippen molar-refractivity contribution in [1.82, 2.24) is 0 Å². The van der Waals surface area contributed by atoms with E-state index in [0.29, 0.717) is 0 Å². The van der Waals surface area contributed by atoms with Gasteiger partial charge in [-0.05, 0) is 88.6 Å². The molecule has 7 rings (SSSR count). The Kier molecular flexibility index (Phi) is 5.97. The lowest BCUT2D eigenvalue weighted by Crippen LogP contribution is -2.30. The van der Waals surface area contributed by atoms with E-state index in [1.54, 1.807) is 24.3 Å². The fraction of sp³-hybridized carbons (Fsp3) is 0.0857. The van der Waals surface area contributed by atoms with Crippen LogP contribution in [0.25, 0.3) is 32.7 Å². The van der Waals surface area contributed by atoms with Crippen molar-refractivity contribution < 1.29 is 14.9 Å². The summed E-state index contributed by atoms with van der Waals surface area (Å²) in [5.74, 6) is 2.08. The molecule has 39 heavy (non-hydrogen) atoms. The molecule has 0 spiro atoms. The molecule has 6 aromatic carbocycles. The molecule has 6 aromatic rings. The summed E-state index contributed by atoms with van der Waals surface area (Å²) in [7, 11) is 1.50. The lowest BCUT2D eigenvalue weighted by atomic mass is 9.66. The first-order chi connectivity index (χ1) is 19.0. The Balaban J connectivity index is 0.00000135. The number of hydrogen-bond donors (Lipinski definition) is 3. The van der Waals surface area contributed by atoms with E-state index in [9.17, 15) is 10.2 Å². The zero-order valence-electron chi connectivity index (χ0n) is 21.8. The van der Waals surface area contributed by atoms with Gasteiger partial charge in [-0.2, -0.15) is 0 Å². The second-order valence-electron chi connectivity index (χ2n) is 9.86. The Morgan fingerprint density at radius 3 is 1.56 bits per heavy atom. The zero-order chi connectivity index (χ0) is 27.1. The summed E-state index contributed by atoms with van der Waals surface area (Å²) in [6, 6.07) is 38.2. The van der Waals surface area contributed by atoms with Crippen molar-refractivity contribution in [2.24, 2.45) is 5.73 Å². The number of hydrogen-bond acceptors (Lipinski definition) is 4. The zero-order valence-corrected chi connectivity index (χ0v) is 21.8. The van der Waals surface area contributed by atoms with Crippen LogP contribution in [0.5, 0.6) is 23.0 Å². The van der Waals surface area contributed by atoms with Gasteiger partial charge >= 0.3 is 0 Å². The molecule has 1 heterocycles. The highest BCUT2D eigenvalue weighted by Gasteiger charge is 2.42. The van der Waals surface area contributed by atoms with Crippen LogP contribution in [-0.4, -0.2) is 17.3 Å². The Hall–Kier alpha value is -4.80. The van der Waals surface area contributed by atoms with Gasteiger partial charge in [0, 0.05) is 11.1 Å². The summed E-state index contributed by atoms with van der Waals surface area (Å²) in [6.07, 6.45) is 0. The molecule has 4 N–H and O–H groups in total. The van der Waals surface area contributed by atoms with Gasteiger partial charge in [0.25, 0.3) is 0 Å². The number of fused-ring (bicyclic) bond motifs is 6. The van der Waals surface area contributed by atoms with E-state index in [0.717, 1.165) is 55.3 Å². The van der Waals surface area contributed by atoms with Gasteiger partial charge in [-0.3, -0.25) is 0 Å². The number of rotatable bonds is 2. The molecular weight excluding hydrogens is 482 g/mol. The smallest absolute Gasteiger partial charge is 0.132 e. The monoisotopic (exact) mass is 511 g/mol. The summed E-state index contributed by atoms with van der Waals surface area (Å²) in [6.45, 7) is 2.25. The number of aromatic hydroxyl groups is 2. The van der Waals surface area contributed by atoms with E-state index >= 15 is 0 Å². The molecular formula is C35H29NO3. The molecule has 0 aliphatic carbocycles. The second kappa shape index (κ2) is 9.50. The number of benzene rings is 6. The number of phenolic OH excluding ortho intramolecular Hbond substituents is 2. The Labute approximate surface area is 227 Å². The second-order valence-corrected chi connectivity index (χ2v) is 9.86. The maximum Gasteiger partial charge on any atom is 0.132 e. The lowest BCUT2D eigenvalue weighted by Gasteiger charge is -2.40. The van der Waals surface area contributed by atoms with Crippen LogP contribution in [0.3, 0.4) is 0 Å². The minimum Gasteiger partial charge on any atom is -0.508 e. The highest BCUT2D eigenvalue weighted by Crippen LogP contribution is 2.56. The SMILES string of the molecule is CC1(c2ccc(-c3ccccc3)cc2)c2c(ccc3cc(O)ccc23)Oc2ccc3cc(O)ccc3c21.CN. The largest absolute Gasteiger partial charge is 0.508 e. The fourth-order valence-corrected chi connectivity index (χ4v) is 5.95. The van der Waals surface area contributed by atoms with Crippen molar-refractivity contribution in [1.29, 1.82) is 0 Å². The summed E-state index contributed by atoms with van der Waals surface area (Å²) < 4.78 is 6.54. The summed E-state index contributed by atoms with van der Waals surface area (Å²) >= 11 is 0. The molecule has 0 amide bonds. The maximum absolute atomic E-state index is 10.2. The minimum absolute atomic E-state index is 0.236. The first kappa shape index (κ1) is 24.5. The predicted octanol–water partition coefficient (Wildman–Crippen LogP) is 8.11. The molecule has 4 nitrogen and oxygen atoms in total. The van der Waals surface area contributed by atoms with E-state index in [1.165, 1.54) is 12.6 Å². The molecule has 0 fully saturated rings. The number of phenols is 2. The lowest BCUT2D eigenvalue weighted by molar-refractivity contribution is 0.431. The van der Waals surface area contributed by atoms with Crippen LogP contribution in [0.4, 0.5) is 0 Å². The number of nitrogens with two attached hydrogens (primary N) is 1. The Morgan fingerprint density at radius 1 is 0.564 bits per heavy atom. The van der Waals surface area contributed by atoms with Crippen LogP contribution in [0.2, 0.25) is 0 Å². The summed E-state index contributed by atoms with van der Waals surface area (Å²) in [5, 5.41) is 24.4. The molecule has 0 radical (unpaired) electrons. The van der Waals surface area contributed by atoms with Gasteiger partial charge < -0.3 is 20.7 Å². The van der Waals surface area contributed by atoms with Gasteiger partial charge in [0.05, 0.1) is 5.41 Å². The van der Waals surface area contributed by atoms with Crippen molar-refractivity contribution >= 4 is 21.5 Å². The maximum atomic E-state index is 10.2. The summed E-state index contributed by atoms with van der Waals surface area (Å²) in [4.78, 5) is 0. The standard InChI is InChI=1S/C34H24O3.CH5N/c1-34(25-11-7-22(8-12-25)21-5-3-2-4-6-21)32-28-15-13-26(35)19-23(28)9-17-30(32)37-31-18-10-24-20-27(36)14-16-29(24)33(31)34;1-2/h2-20,35-36H,1H3;2H2,1H3. The molecule has 192 valence electrons. The Morgan fingerprint density at radius 2 is 1.05 bits per heavy atom. The third-order valence-electron chi connectivity index (χ3n) is 7.72. The van der Waals surface area contributed by atoms with Gasteiger partial charge in [-0.15, -0.1) is 0 Å². The normalized spacial score (nSPS) is 13.1. The van der Waals surface area contributed by atoms with Crippen molar-refractivity contribution in [2.45, 2.75) is 12.3 Å². The van der Waals surface area contributed by atoms with Crippen molar-refractivity contribution in [3.8, 4) is 34.1 Å². The Bertz CT molecular complexity index is 1730. The topological polar surface area (TPSA) is 75.7 Å². The average molecular weight is 512 g/mol. The van der Waals surface area contributed by atoms with E-state index < -0.39 is 5.41 Å². The molecule has 4 heteroatoms. The van der Waals surface area contributed by atoms with Gasteiger partial charge in [-0.25, -0.2) is 0 Å². The quantitative estimate of drug-likeness (QED) is 0.219. The molecule has 1 aliphatic heterocycles. The number of ether oxygens (including phenoxy) is 1. The molecule has 0 saturated carbocycles. The van der Waals surface area contributed by atoms with Gasteiger partial charge in [0.1, 0.15) is 23.0 Å². The van der Waals surface area contributed by atoms with E-state index in [1.807, 2.05) is 42.5 Å². The first-order valence-electron chi connectivity index (χ1n) is 13.0. The third-order valence-corrected chi connectivity index (χ3v) is 7.72. The third kappa shape index (κ3) is 3.89. The van der Waals surface area contributed by atoms with Crippen molar-refractivity contribution in [2.75, 3.05) is 7.05 Å². The van der Waals surface area contributed by atoms with Crippen LogP contribution in [0, 0.1) is 0 Å². The van der Waals surface area contributed by atoms with Crippen LogP contribution in [-0.2, 0) is 5.41 Å². The molecule has 0 atom stereocenters. The fourth-order valence-electron chi connectivity index (χ4n) is 5.95. The van der Waals surface area contributed by atoms with Crippen molar-refractivity contribution in [3.63, 3.8) is 0 Å². The van der Waals surface area contributed by atoms with Gasteiger partial charge in [0.2, 0.25) is 0 Å². The predicted molar refractivity (Wildman–Crippen MR) is 159 cm³/mol. The van der Waals surface area contributed by atoms with Crippen LogP contribution >= 0.6 is 0 Å². The minimum atomic E-state index is -0.564. The summed E-state index contributed by atoms with van der Waals surface area (Å²) in [5.41, 5.74) is 9.53. The molecule has 0 unspecified atom stereocenters. The first-order valence-corrected chi connectivity index (χ1v) is 13.0. The van der Waals surface area contributed by atoms with Crippen molar-refractivity contribution in [3.05, 3.63) is 132 Å². The molecule has 0 bridgehead atoms. The highest BCUT2D eigenvalue weighted by molar-refractivity contribution is 5.97. The van der Waals surface area contributed by atoms with Crippen LogP contribution < -0.4 is 10.5 Å². The molecule has 0 aromatic heterocycles. The van der Waals surface area contributed by atoms with Crippen LogP contribution in [0.1, 0.15) is 23.6 Å². The van der Waals surface area contributed by atoms with Gasteiger partial charge in [0.15, 0.2) is 0 Å². The molecule has 1 aliphatic rings.